The molecule has 1 aliphatic heterocycles. The highest BCUT2D eigenvalue weighted by molar-refractivity contribution is 6.31. The fourth-order valence-electron chi connectivity index (χ4n) is 2.78. The van der Waals surface area contributed by atoms with Crippen LogP contribution in [0.4, 0.5) is 10.5 Å². The van der Waals surface area contributed by atoms with E-state index in [1.54, 1.807) is 12.3 Å². The van der Waals surface area contributed by atoms with Gasteiger partial charge in [-0.1, -0.05) is 23.7 Å². The number of pyridine rings is 1. The van der Waals surface area contributed by atoms with Gasteiger partial charge in [-0.05, 0) is 36.2 Å². The fourth-order valence-corrected chi connectivity index (χ4v) is 2.95. The number of nitrogens with zero attached hydrogens (tertiary/aromatic N) is 3. The molecule has 1 aromatic carbocycles. The van der Waals surface area contributed by atoms with Gasteiger partial charge in [-0.3, -0.25) is 9.88 Å². The van der Waals surface area contributed by atoms with E-state index in [0.29, 0.717) is 18.1 Å². The maximum absolute atomic E-state index is 12.4. The van der Waals surface area contributed by atoms with Crippen molar-refractivity contribution >= 4 is 23.3 Å². The van der Waals surface area contributed by atoms with E-state index in [9.17, 15) is 4.79 Å². The molecule has 3 rings (SSSR count). The first-order valence-electron chi connectivity index (χ1n) is 8.05. The number of urea groups is 1. The van der Waals surface area contributed by atoms with Crippen LogP contribution in [0.5, 0.6) is 0 Å². The maximum atomic E-state index is 12.4. The molecule has 0 aliphatic carbocycles. The summed E-state index contributed by atoms with van der Waals surface area (Å²) in [6, 6.07) is 9.47. The van der Waals surface area contributed by atoms with Gasteiger partial charge in [-0.25, -0.2) is 4.79 Å². The molecule has 1 aliphatic rings. The molecule has 0 saturated carbocycles. The SMILES string of the molecule is Cc1ccc(Cl)cc1NC(=O)N1CCN(Cc2cccnc2)CC1. The average Bonchev–Trinajstić information content (AvgIpc) is 2.60. The van der Waals surface area contributed by atoms with Crippen molar-refractivity contribution in [1.82, 2.24) is 14.8 Å². The number of benzene rings is 1. The van der Waals surface area contributed by atoms with E-state index >= 15 is 0 Å². The molecule has 1 N–H and O–H groups in total. The minimum atomic E-state index is -0.0682. The molecule has 0 bridgehead atoms. The van der Waals surface area contributed by atoms with Gasteiger partial charge in [0, 0.05) is 55.8 Å². The van der Waals surface area contributed by atoms with Crippen molar-refractivity contribution in [3.8, 4) is 0 Å². The highest BCUT2D eigenvalue weighted by atomic mass is 35.5. The van der Waals surface area contributed by atoms with Gasteiger partial charge in [-0.15, -0.1) is 0 Å². The summed E-state index contributed by atoms with van der Waals surface area (Å²) in [5, 5.41) is 3.58. The Hall–Kier alpha value is -2.11. The highest BCUT2D eigenvalue weighted by Crippen LogP contribution is 2.20. The van der Waals surface area contributed by atoms with Gasteiger partial charge in [-0.2, -0.15) is 0 Å². The minimum Gasteiger partial charge on any atom is -0.322 e. The number of carbonyl (C=O) groups excluding carboxylic acids is 1. The summed E-state index contributed by atoms with van der Waals surface area (Å²) in [6.07, 6.45) is 3.67. The predicted molar refractivity (Wildman–Crippen MR) is 96.3 cm³/mol. The number of aryl methyl sites for hydroxylation is 1. The Morgan fingerprint density at radius 3 is 2.75 bits per heavy atom. The normalized spacial score (nSPS) is 15.3. The number of piperazine rings is 1. The number of hydrogen-bond acceptors (Lipinski definition) is 3. The molecule has 2 aromatic rings. The Balaban J connectivity index is 1.52. The third-order valence-electron chi connectivity index (χ3n) is 4.23. The van der Waals surface area contributed by atoms with E-state index in [2.05, 4.69) is 21.3 Å². The standard InChI is InChI=1S/C18H21ClN4O/c1-14-4-5-16(19)11-17(14)21-18(24)23-9-7-22(8-10-23)13-15-3-2-6-20-12-15/h2-6,11-12H,7-10,13H2,1H3,(H,21,24). The number of aromatic nitrogens is 1. The molecule has 2 amide bonds. The fraction of sp³-hybridized carbons (Fsp3) is 0.333. The second kappa shape index (κ2) is 7.64. The van der Waals surface area contributed by atoms with Gasteiger partial charge < -0.3 is 10.2 Å². The van der Waals surface area contributed by atoms with Crippen LogP contribution in [0.25, 0.3) is 0 Å². The Bertz CT molecular complexity index is 699. The molecular formula is C18H21ClN4O. The van der Waals surface area contributed by atoms with E-state index in [1.165, 1.54) is 5.56 Å². The Kier molecular flexibility index (Phi) is 5.33. The molecule has 1 saturated heterocycles. The van der Waals surface area contributed by atoms with Crippen molar-refractivity contribution in [3.63, 3.8) is 0 Å². The molecule has 6 heteroatoms. The van der Waals surface area contributed by atoms with Gasteiger partial charge in [0.05, 0.1) is 0 Å². The van der Waals surface area contributed by atoms with Crippen molar-refractivity contribution in [1.29, 1.82) is 0 Å². The van der Waals surface area contributed by atoms with Crippen LogP contribution in [0.3, 0.4) is 0 Å². The molecule has 0 unspecified atom stereocenters. The van der Waals surface area contributed by atoms with Crippen LogP contribution in [0.1, 0.15) is 11.1 Å². The van der Waals surface area contributed by atoms with Crippen LogP contribution in [-0.2, 0) is 6.54 Å². The Morgan fingerprint density at radius 2 is 2.04 bits per heavy atom. The average molecular weight is 345 g/mol. The summed E-state index contributed by atoms with van der Waals surface area (Å²) in [6.45, 7) is 5.97. The Labute approximate surface area is 147 Å². The summed E-state index contributed by atoms with van der Waals surface area (Å²) in [5.74, 6) is 0. The lowest BCUT2D eigenvalue weighted by Gasteiger charge is -2.34. The van der Waals surface area contributed by atoms with E-state index in [1.807, 2.05) is 36.2 Å². The van der Waals surface area contributed by atoms with Crippen molar-refractivity contribution in [3.05, 3.63) is 58.9 Å². The second-order valence-electron chi connectivity index (χ2n) is 6.01. The topological polar surface area (TPSA) is 48.5 Å². The van der Waals surface area contributed by atoms with Gasteiger partial charge in [0.2, 0.25) is 0 Å². The van der Waals surface area contributed by atoms with Gasteiger partial charge in [0.15, 0.2) is 0 Å². The first kappa shape index (κ1) is 16.7. The van der Waals surface area contributed by atoms with Crippen LogP contribution < -0.4 is 5.32 Å². The number of anilines is 1. The number of halogens is 1. The van der Waals surface area contributed by atoms with Gasteiger partial charge >= 0.3 is 6.03 Å². The third-order valence-corrected chi connectivity index (χ3v) is 4.46. The lowest BCUT2D eigenvalue weighted by atomic mass is 10.2. The predicted octanol–water partition coefficient (Wildman–Crippen LogP) is 3.39. The molecule has 0 atom stereocenters. The summed E-state index contributed by atoms with van der Waals surface area (Å²) in [5.41, 5.74) is 2.97. The Morgan fingerprint density at radius 1 is 1.25 bits per heavy atom. The smallest absolute Gasteiger partial charge is 0.321 e. The largest absolute Gasteiger partial charge is 0.322 e. The van der Waals surface area contributed by atoms with E-state index in [-0.39, 0.29) is 6.03 Å². The number of carbonyl (C=O) groups is 1. The summed E-state index contributed by atoms with van der Waals surface area (Å²) >= 11 is 6.01. The zero-order valence-corrected chi connectivity index (χ0v) is 14.5. The van der Waals surface area contributed by atoms with Crippen molar-refractivity contribution in [2.24, 2.45) is 0 Å². The third kappa shape index (κ3) is 4.24. The monoisotopic (exact) mass is 344 g/mol. The quantitative estimate of drug-likeness (QED) is 0.928. The maximum Gasteiger partial charge on any atom is 0.321 e. The van der Waals surface area contributed by atoms with Crippen LogP contribution in [-0.4, -0.2) is 47.0 Å². The molecule has 1 aromatic heterocycles. The zero-order valence-electron chi connectivity index (χ0n) is 13.7. The summed E-state index contributed by atoms with van der Waals surface area (Å²) in [4.78, 5) is 20.8. The number of rotatable bonds is 3. The summed E-state index contributed by atoms with van der Waals surface area (Å²) in [7, 11) is 0. The van der Waals surface area contributed by atoms with Crippen molar-refractivity contribution in [2.75, 3.05) is 31.5 Å². The minimum absolute atomic E-state index is 0.0682. The number of nitrogens with one attached hydrogen (secondary N) is 1. The lowest BCUT2D eigenvalue weighted by molar-refractivity contribution is 0.143. The molecule has 24 heavy (non-hydrogen) atoms. The van der Waals surface area contributed by atoms with E-state index in [4.69, 9.17) is 11.6 Å². The van der Waals surface area contributed by atoms with E-state index < -0.39 is 0 Å². The first-order chi connectivity index (χ1) is 11.6. The van der Waals surface area contributed by atoms with Gasteiger partial charge in [0.1, 0.15) is 0 Å². The molecule has 1 fully saturated rings. The second-order valence-corrected chi connectivity index (χ2v) is 6.45. The molecule has 5 nitrogen and oxygen atoms in total. The van der Waals surface area contributed by atoms with E-state index in [0.717, 1.165) is 30.9 Å². The molecular weight excluding hydrogens is 324 g/mol. The zero-order chi connectivity index (χ0) is 16.9. The highest BCUT2D eigenvalue weighted by Gasteiger charge is 2.21. The molecule has 2 heterocycles. The number of hydrogen-bond donors (Lipinski definition) is 1. The molecule has 126 valence electrons. The van der Waals surface area contributed by atoms with Crippen LogP contribution in [0.2, 0.25) is 5.02 Å². The van der Waals surface area contributed by atoms with Crippen LogP contribution in [0, 0.1) is 6.92 Å². The van der Waals surface area contributed by atoms with Crippen LogP contribution >= 0.6 is 11.6 Å². The van der Waals surface area contributed by atoms with Gasteiger partial charge in [0.25, 0.3) is 0 Å². The first-order valence-corrected chi connectivity index (χ1v) is 8.43. The van der Waals surface area contributed by atoms with Crippen molar-refractivity contribution in [2.45, 2.75) is 13.5 Å². The molecule has 0 radical (unpaired) electrons. The molecule has 0 spiro atoms. The summed E-state index contributed by atoms with van der Waals surface area (Å²) < 4.78 is 0. The number of amides is 2. The van der Waals surface area contributed by atoms with Crippen molar-refractivity contribution < 1.29 is 4.79 Å². The van der Waals surface area contributed by atoms with Crippen LogP contribution in [0.15, 0.2) is 42.7 Å². The lowest BCUT2D eigenvalue weighted by Crippen LogP contribution is -2.49.